The van der Waals surface area contributed by atoms with Gasteiger partial charge in [-0.1, -0.05) is 13.8 Å². The fraction of sp³-hybridized carbons (Fsp3) is 0.667. The summed E-state index contributed by atoms with van der Waals surface area (Å²) in [5.74, 6) is -0.510. The van der Waals surface area contributed by atoms with Crippen molar-refractivity contribution in [2.75, 3.05) is 6.54 Å². The van der Waals surface area contributed by atoms with Crippen molar-refractivity contribution in [3.63, 3.8) is 0 Å². The summed E-state index contributed by atoms with van der Waals surface area (Å²) in [6, 6.07) is 0. The van der Waals surface area contributed by atoms with E-state index in [2.05, 4.69) is 17.2 Å². The normalized spacial score (nSPS) is 10.8. The van der Waals surface area contributed by atoms with Crippen molar-refractivity contribution in [3.8, 4) is 0 Å². The summed E-state index contributed by atoms with van der Waals surface area (Å²) in [5.41, 5.74) is 4.52. The zero-order valence-electron chi connectivity index (χ0n) is 8.72. The second kappa shape index (κ2) is 5.47. The topological polar surface area (TPSA) is 88.2 Å². The van der Waals surface area contributed by atoms with Gasteiger partial charge < -0.3 is 15.8 Å². The van der Waals surface area contributed by atoms with Gasteiger partial charge in [0.2, 0.25) is 0 Å². The Labute approximate surface area is 84.5 Å². The first-order valence-electron chi connectivity index (χ1n) is 4.56. The monoisotopic (exact) mass is 200 g/mol. The molecule has 0 aliphatic heterocycles. The molecule has 0 aromatic heterocycles. The number of guanidine groups is 1. The third-order valence-electron chi connectivity index (χ3n) is 2.53. The van der Waals surface area contributed by atoms with Gasteiger partial charge in [0.05, 0.1) is 5.41 Å². The Hall–Kier alpha value is -1.26. The van der Waals surface area contributed by atoms with Crippen molar-refractivity contribution in [1.29, 1.82) is 5.41 Å². The highest BCUT2D eigenvalue weighted by Gasteiger charge is 2.35. The number of carbonyl (C=O) groups excluding carboxylic acids is 1. The molecule has 0 bridgehead atoms. The van der Waals surface area contributed by atoms with Crippen LogP contribution in [0.3, 0.4) is 0 Å². The van der Waals surface area contributed by atoms with Crippen LogP contribution in [0.5, 0.6) is 0 Å². The number of rotatable bonds is 5. The van der Waals surface area contributed by atoms with Crippen molar-refractivity contribution in [1.82, 2.24) is 5.32 Å². The minimum absolute atomic E-state index is 0.145. The molecule has 0 unspecified atom stereocenters. The zero-order valence-corrected chi connectivity index (χ0v) is 8.72. The summed E-state index contributed by atoms with van der Waals surface area (Å²) in [4.78, 5) is 11.5. The van der Waals surface area contributed by atoms with Crippen LogP contribution in [-0.2, 0) is 9.53 Å². The molecule has 0 amide bonds. The summed E-state index contributed by atoms with van der Waals surface area (Å²) in [5, 5.41) is 9.66. The lowest BCUT2D eigenvalue weighted by Gasteiger charge is -2.28. The standard InChI is InChI=1S/C9H18N3O2/c1-4-9(5-2,7(13)14-3)6-12-8(10)11/h3-6H2,1-2H3,(H4,10,11,12). The van der Waals surface area contributed by atoms with Crippen LogP contribution in [0.15, 0.2) is 0 Å². The Bertz CT molecular complexity index is 212. The number of ether oxygens (including phenoxy) is 1. The Kier molecular flexibility index (Phi) is 4.97. The van der Waals surface area contributed by atoms with E-state index in [1.807, 2.05) is 13.8 Å². The van der Waals surface area contributed by atoms with Crippen LogP contribution >= 0.6 is 0 Å². The molecule has 0 aromatic carbocycles. The summed E-state index contributed by atoms with van der Waals surface area (Å²) in [6.07, 6.45) is 1.25. The third kappa shape index (κ3) is 2.90. The van der Waals surface area contributed by atoms with Gasteiger partial charge in [0, 0.05) is 6.54 Å². The van der Waals surface area contributed by atoms with Crippen molar-refractivity contribution in [3.05, 3.63) is 7.11 Å². The van der Waals surface area contributed by atoms with Crippen LogP contribution in [0.25, 0.3) is 0 Å². The van der Waals surface area contributed by atoms with Gasteiger partial charge in [0.25, 0.3) is 0 Å². The highest BCUT2D eigenvalue weighted by molar-refractivity contribution is 5.79. The molecule has 0 aliphatic carbocycles. The van der Waals surface area contributed by atoms with Crippen LogP contribution in [0.4, 0.5) is 0 Å². The van der Waals surface area contributed by atoms with Gasteiger partial charge in [-0.05, 0) is 12.8 Å². The van der Waals surface area contributed by atoms with Gasteiger partial charge in [-0.2, -0.15) is 0 Å². The lowest BCUT2D eigenvalue weighted by atomic mass is 9.82. The Morgan fingerprint density at radius 3 is 2.36 bits per heavy atom. The van der Waals surface area contributed by atoms with Crippen molar-refractivity contribution in [2.45, 2.75) is 26.7 Å². The first-order chi connectivity index (χ1) is 6.52. The van der Waals surface area contributed by atoms with Gasteiger partial charge in [0.1, 0.15) is 7.11 Å². The number of carbonyl (C=O) groups is 1. The Morgan fingerprint density at radius 2 is 2.07 bits per heavy atom. The molecule has 0 atom stereocenters. The van der Waals surface area contributed by atoms with E-state index >= 15 is 0 Å². The second-order valence-corrected chi connectivity index (χ2v) is 3.19. The maximum Gasteiger partial charge on any atom is 0.313 e. The van der Waals surface area contributed by atoms with E-state index in [0.717, 1.165) is 0 Å². The maximum atomic E-state index is 11.5. The Balaban J connectivity index is 4.52. The van der Waals surface area contributed by atoms with E-state index in [4.69, 9.17) is 11.1 Å². The first-order valence-corrected chi connectivity index (χ1v) is 4.56. The molecule has 5 nitrogen and oxygen atoms in total. The van der Waals surface area contributed by atoms with E-state index in [1.165, 1.54) is 0 Å². The molecule has 14 heavy (non-hydrogen) atoms. The fourth-order valence-electron chi connectivity index (χ4n) is 1.28. The number of nitrogens with two attached hydrogens (primary N) is 1. The smallest absolute Gasteiger partial charge is 0.313 e. The zero-order chi connectivity index (χ0) is 11.2. The summed E-state index contributed by atoms with van der Waals surface area (Å²) >= 11 is 0. The largest absolute Gasteiger partial charge is 0.462 e. The molecule has 0 saturated carbocycles. The molecule has 0 aliphatic rings. The molecular formula is C9H18N3O2. The van der Waals surface area contributed by atoms with E-state index in [-0.39, 0.29) is 11.9 Å². The lowest BCUT2D eigenvalue weighted by molar-refractivity contribution is -0.150. The predicted molar refractivity (Wildman–Crippen MR) is 54.4 cm³/mol. The van der Waals surface area contributed by atoms with E-state index in [1.54, 1.807) is 0 Å². The molecule has 81 valence electrons. The molecular weight excluding hydrogens is 182 g/mol. The number of hydrogen-bond donors (Lipinski definition) is 3. The van der Waals surface area contributed by atoms with Crippen LogP contribution in [0.2, 0.25) is 0 Å². The molecule has 0 aromatic rings. The maximum absolute atomic E-state index is 11.5. The summed E-state index contributed by atoms with van der Waals surface area (Å²) in [6.45, 7) is 4.09. The fourth-order valence-corrected chi connectivity index (χ4v) is 1.28. The molecule has 0 fully saturated rings. The second-order valence-electron chi connectivity index (χ2n) is 3.19. The molecule has 4 N–H and O–H groups in total. The minimum atomic E-state index is -0.632. The van der Waals surface area contributed by atoms with Gasteiger partial charge in [-0.25, -0.2) is 0 Å². The quantitative estimate of drug-likeness (QED) is 0.344. The SMILES string of the molecule is [CH2]OC(=O)C(CC)(CC)CNC(=N)N. The number of hydrogen-bond acceptors (Lipinski definition) is 3. The first kappa shape index (κ1) is 12.7. The molecule has 0 saturated heterocycles. The number of nitrogens with one attached hydrogen (secondary N) is 2. The van der Waals surface area contributed by atoms with Gasteiger partial charge in [-0.15, -0.1) is 0 Å². The lowest BCUT2D eigenvalue weighted by Crippen LogP contribution is -2.44. The third-order valence-corrected chi connectivity index (χ3v) is 2.53. The average molecular weight is 200 g/mol. The van der Waals surface area contributed by atoms with Crippen LogP contribution in [0.1, 0.15) is 26.7 Å². The van der Waals surface area contributed by atoms with Crippen LogP contribution in [0, 0.1) is 17.9 Å². The molecule has 1 radical (unpaired) electrons. The van der Waals surface area contributed by atoms with Crippen LogP contribution < -0.4 is 11.1 Å². The van der Waals surface area contributed by atoms with Gasteiger partial charge in [0.15, 0.2) is 5.96 Å². The van der Waals surface area contributed by atoms with Gasteiger partial charge >= 0.3 is 5.97 Å². The van der Waals surface area contributed by atoms with Crippen LogP contribution in [-0.4, -0.2) is 18.5 Å². The number of esters is 1. The van der Waals surface area contributed by atoms with E-state index < -0.39 is 5.41 Å². The Morgan fingerprint density at radius 1 is 1.57 bits per heavy atom. The summed E-state index contributed by atoms with van der Waals surface area (Å²) in [7, 11) is 3.11. The van der Waals surface area contributed by atoms with E-state index in [9.17, 15) is 4.79 Å². The average Bonchev–Trinajstić information content (AvgIpc) is 2.19. The van der Waals surface area contributed by atoms with Crippen molar-refractivity contribution < 1.29 is 9.53 Å². The molecule has 0 heterocycles. The predicted octanol–water partition coefficient (Wildman–Crippen LogP) is 0.611. The highest BCUT2D eigenvalue weighted by Crippen LogP contribution is 2.27. The molecule has 0 rings (SSSR count). The van der Waals surface area contributed by atoms with E-state index in [0.29, 0.717) is 19.4 Å². The molecule has 0 spiro atoms. The van der Waals surface area contributed by atoms with Crippen molar-refractivity contribution >= 4 is 11.9 Å². The van der Waals surface area contributed by atoms with Crippen molar-refractivity contribution in [2.24, 2.45) is 11.1 Å². The summed E-state index contributed by atoms with van der Waals surface area (Å²) < 4.78 is 4.49. The minimum Gasteiger partial charge on any atom is -0.462 e. The van der Waals surface area contributed by atoms with Gasteiger partial charge in [-0.3, -0.25) is 10.2 Å². The highest BCUT2D eigenvalue weighted by atomic mass is 16.5. The molecule has 5 heteroatoms.